The molecular formula is C16H26N2O3. The Hall–Kier alpha value is -1.59. The second-order valence-corrected chi connectivity index (χ2v) is 5.22. The van der Waals surface area contributed by atoms with E-state index in [0.29, 0.717) is 25.7 Å². The van der Waals surface area contributed by atoms with Crippen molar-refractivity contribution in [3.05, 3.63) is 23.8 Å². The maximum Gasteiger partial charge on any atom is 0.226 e. The zero-order valence-corrected chi connectivity index (χ0v) is 13.4. The van der Waals surface area contributed by atoms with Gasteiger partial charge in [-0.25, -0.2) is 0 Å². The van der Waals surface area contributed by atoms with Gasteiger partial charge < -0.3 is 20.1 Å². The smallest absolute Gasteiger partial charge is 0.226 e. The molecule has 1 rings (SSSR count). The highest BCUT2D eigenvalue weighted by Crippen LogP contribution is 2.21. The van der Waals surface area contributed by atoms with E-state index in [0.717, 1.165) is 23.5 Å². The molecule has 0 heterocycles. The van der Waals surface area contributed by atoms with E-state index >= 15 is 0 Å². The number of aryl methyl sites for hydroxylation is 1. The summed E-state index contributed by atoms with van der Waals surface area (Å²) in [5, 5.41) is 6.16. The third kappa shape index (κ3) is 7.11. The highest BCUT2D eigenvalue weighted by Gasteiger charge is 2.06. The van der Waals surface area contributed by atoms with E-state index in [4.69, 9.17) is 9.47 Å². The van der Waals surface area contributed by atoms with Crippen LogP contribution in [0.1, 0.15) is 25.8 Å². The second-order valence-electron chi connectivity index (χ2n) is 5.22. The summed E-state index contributed by atoms with van der Waals surface area (Å²) in [4.78, 5) is 11.7. The molecule has 0 atom stereocenters. The molecule has 0 bridgehead atoms. The molecule has 2 N–H and O–H groups in total. The summed E-state index contributed by atoms with van der Waals surface area (Å²) < 4.78 is 10.6. The van der Waals surface area contributed by atoms with Gasteiger partial charge in [0.15, 0.2) is 0 Å². The van der Waals surface area contributed by atoms with E-state index in [9.17, 15) is 4.79 Å². The number of carbonyl (C=O) groups is 1. The lowest BCUT2D eigenvalue weighted by Gasteiger charge is -2.12. The second kappa shape index (κ2) is 9.37. The van der Waals surface area contributed by atoms with E-state index < -0.39 is 0 Å². The number of hydrogen-bond acceptors (Lipinski definition) is 4. The number of nitrogens with one attached hydrogen (secondary N) is 2. The van der Waals surface area contributed by atoms with E-state index in [1.165, 1.54) is 0 Å². The number of methoxy groups -OCH3 is 1. The molecule has 0 saturated carbocycles. The van der Waals surface area contributed by atoms with Gasteiger partial charge in [-0.3, -0.25) is 4.79 Å². The van der Waals surface area contributed by atoms with Crippen LogP contribution in [-0.2, 0) is 9.53 Å². The zero-order valence-electron chi connectivity index (χ0n) is 13.4. The molecule has 0 unspecified atom stereocenters. The number of amides is 1. The molecule has 1 amide bonds. The van der Waals surface area contributed by atoms with Crippen molar-refractivity contribution < 1.29 is 14.3 Å². The van der Waals surface area contributed by atoms with Crippen LogP contribution < -0.4 is 15.4 Å². The average Bonchev–Trinajstić information content (AvgIpc) is 2.44. The van der Waals surface area contributed by atoms with Crippen molar-refractivity contribution in [2.45, 2.75) is 33.2 Å². The minimum absolute atomic E-state index is 0.0465. The Morgan fingerprint density at radius 3 is 2.67 bits per heavy atom. The highest BCUT2D eigenvalue weighted by molar-refractivity contribution is 5.91. The lowest BCUT2D eigenvalue weighted by atomic mass is 10.2. The lowest BCUT2D eigenvalue weighted by molar-refractivity contribution is -0.117. The Morgan fingerprint density at radius 2 is 2.05 bits per heavy atom. The first-order valence-electron chi connectivity index (χ1n) is 7.28. The van der Waals surface area contributed by atoms with Gasteiger partial charge in [0.05, 0.1) is 13.0 Å². The maximum absolute atomic E-state index is 11.7. The van der Waals surface area contributed by atoms with Crippen LogP contribution in [0.25, 0.3) is 0 Å². The average molecular weight is 294 g/mol. The Labute approximate surface area is 127 Å². The molecule has 0 saturated heterocycles. The van der Waals surface area contributed by atoms with Crippen LogP contribution in [0.2, 0.25) is 0 Å². The maximum atomic E-state index is 11.7. The van der Waals surface area contributed by atoms with Crippen molar-refractivity contribution in [2.75, 3.05) is 32.2 Å². The first-order valence-corrected chi connectivity index (χ1v) is 7.28. The van der Waals surface area contributed by atoms with Gasteiger partial charge in [-0.2, -0.15) is 0 Å². The predicted molar refractivity (Wildman–Crippen MR) is 84.9 cm³/mol. The largest absolute Gasteiger partial charge is 0.492 e. The number of hydrogen-bond donors (Lipinski definition) is 2. The van der Waals surface area contributed by atoms with Crippen molar-refractivity contribution >= 4 is 11.6 Å². The Balaban J connectivity index is 2.46. The van der Waals surface area contributed by atoms with Gasteiger partial charge >= 0.3 is 0 Å². The van der Waals surface area contributed by atoms with Crippen molar-refractivity contribution in [1.29, 1.82) is 0 Å². The molecule has 1 aromatic carbocycles. The normalized spacial score (nSPS) is 10.7. The molecule has 0 aromatic heterocycles. The van der Waals surface area contributed by atoms with E-state index in [-0.39, 0.29) is 5.91 Å². The first kappa shape index (κ1) is 17.5. The van der Waals surface area contributed by atoms with E-state index in [1.807, 2.05) is 25.1 Å². The van der Waals surface area contributed by atoms with E-state index in [2.05, 4.69) is 24.5 Å². The number of carbonyl (C=O) groups excluding carboxylic acids is 1. The quantitative estimate of drug-likeness (QED) is 0.686. The van der Waals surface area contributed by atoms with Crippen LogP contribution in [0.5, 0.6) is 5.75 Å². The van der Waals surface area contributed by atoms with Gasteiger partial charge in [-0.05, 0) is 30.7 Å². The van der Waals surface area contributed by atoms with Gasteiger partial charge in [-0.15, -0.1) is 0 Å². The third-order valence-electron chi connectivity index (χ3n) is 2.93. The van der Waals surface area contributed by atoms with Crippen LogP contribution in [0.15, 0.2) is 18.2 Å². The van der Waals surface area contributed by atoms with E-state index in [1.54, 1.807) is 7.11 Å². The molecule has 5 heteroatoms. The van der Waals surface area contributed by atoms with Crippen molar-refractivity contribution in [1.82, 2.24) is 5.32 Å². The molecular weight excluding hydrogens is 268 g/mol. The lowest BCUT2D eigenvalue weighted by Crippen LogP contribution is -2.27. The molecule has 0 aliphatic rings. The summed E-state index contributed by atoms with van der Waals surface area (Å²) in [5.41, 5.74) is 1.79. The molecule has 0 aliphatic carbocycles. The summed E-state index contributed by atoms with van der Waals surface area (Å²) in [6.45, 7) is 8.01. The zero-order chi connectivity index (χ0) is 15.7. The molecule has 1 aromatic rings. The highest BCUT2D eigenvalue weighted by atomic mass is 16.5. The topological polar surface area (TPSA) is 59.6 Å². The Kier molecular flexibility index (Phi) is 7.79. The first-order chi connectivity index (χ1) is 10.0. The van der Waals surface area contributed by atoms with Crippen molar-refractivity contribution in [2.24, 2.45) is 0 Å². The van der Waals surface area contributed by atoms with Crippen LogP contribution in [0, 0.1) is 6.92 Å². The van der Waals surface area contributed by atoms with Crippen LogP contribution in [0.3, 0.4) is 0 Å². The fourth-order valence-electron chi connectivity index (χ4n) is 1.79. The SMILES string of the molecule is COCCC(=O)Nc1ccc(OCCNC(C)C)cc1C. The summed E-state index contributed by atoms with van der Waals surface area (Å²) in [7, 11) is 1.58. The van der Waals surface area contributed by atoms with Crippen LogP contribution in [0.4, 0.5) is 5.69 Å². The minimum atomic E-state index is -0.0465. The molecule has 0 radical (unpaired) electrons. The Bertz CT molecular complexity index is 447. The van der Waals surface area contributed by atoms with Crippen LogP contribution in [-0.4, -0.2) is 38.8 Å². The summed E-state index contributed by atoms with van der Waals surface area (Å²) in [6.07, 6.45) is 0.356. The van der Waals surface area contributed by atoms with Crippen molar-refractivity contribution in [3.8, 4) is 5.75 Å². The van der Waals surface area contributed by atoms with Gasteiger partial charge in [-0.1, -0.05) is 13.8 Å². The minimum Gasteiger partial charge on any atom is -0.492 e. The number of benzene rings is 1. The molecule has 118 valence electrons. The van der Waals surface area contributed by atoms with Crippen LogP contribution >= 0.6 is 0 Å². The number of ether oxygens (including phenoxy) is 2. The number of anilines is 1. The molecule has 21 heavy (non-hydrogen) atoms. The summed E-state index contributed by atoms with van der Waals surface area (Å²) in [5.74, 6) is 0.766. The van der Waals surface area contributed by atoms with Gasteiger partial charge in [0.2, 0.25) is 5.91 Å². The Morgan fingerprint density at radius 1 is 1.29 bits per heavy atom. The fourth-order valence-corrected chi connectivity index (χ4v) is 1.79. The van der Waals surface area contributed by atoms with Crippen molar-refractivity contribution in [3.63, 3.8) is 0 Å². The molecule has 0 aliphatic heterocycles. The summed E-state index contributed by atoms with van der Waals surface area (Å²) >= 11 is 0. The van der Waals surface area contributed by atoms with Gasteiger partial charge in [0, 0.05) is 25.4 Å². The molecule has 5 nitrogen and oxygen atoms in total. The van der Waals surface area contributed by atoms with Gasteiger partial charge in [0.1, 0.15) is 12.4 Å². The molecule has 0 fully saturated rings. The molecule has 0 spiro atoms. The summed E-state index contributed by atoms with van der Waals surface area (Å²) in [6, 6.07) is 6.13. The predicted octanol–water partition coefficient (Wildman–Crippen LogP) is 2.35. The monoisotopic (exact) mass is 294 g/mol. The number of rotatable bonds is 9. The standard InChI is InChI=1S/C16H26N2O3/c1-12(2)17-8-10-21-14-5-6-15(13(3)11-14)18-16(19)7-9-20-4/h5-6,11-12,17H,7-10H2,1-4H3,(H,18,19). The third-order valence-corrected chi connectivity index (χ3v) is 2.93. The van der Waals surface area contributed by atoms with Gasteiger partial charge in [0.25, 0.3) is 0 Å². The fraction of sp³-hybridized carbons (Fsp3) is 0.562.